The molecule has 0 fully saturated rings. The third-order valence-corrected chi connectivity index (χ3v) is 2.96. The Morgan fingerprint density at radius 2 is 1.83 bits per heavy atom. The topological polar surface area (TPSA) is 55.6 Å². The van der Waals surface area contributed by atoms with Gasteiger partial charge in [0.2, 0.25) is 0 Å². The van der Waals surface area contributed by atoms with Gasteiger partial charge in [0.1, 0.15) is 6.61 Å². The molecule has 0 heterocycles. The minimum absolute atomic E-state index is 0.272. The van der Waals surface area contributed by atoms with Gasteiger partial charge in [-0.15, -0.1) is 0 Å². The first kappa shape index (κ1) is 14.7. The van der Waals surface area contributed by atoms with E-state index in [4.69, 9.17) is 10.5 Å². The van der Waals surface area contributed by atoms with Gasteiger partial charge in [0.15, 0.2) is 0 Å². The van der Waals surface area contributed by atoms with Crippen LogP contribution < -0.4 is 5.73 Å². The highest BCUT2D eigenvalue weighted by Gasteiger charge is 2.07. The molecule has 1 aromatic carbocycles. The van der Waals surface area contributed by atoms with Crippen molar-refractivity contribution in [1.82, 2.24) is 4.90 Å². The van der Waals surface area contributed by atoms with Crippen LogP contribution in [0.1, 0.15) is 29.8 Å². The second-order valence-corrected chi connectivity index (χ2v) is 4.06. The van der Waals surface area contributed by atoms with Crippen LogP contribution in [0.4, 0.5) is 0 Å². The van der Waals surface area contributed by atoms with E-state index < -0.39 is 0 Å². The van der Waals surface area contributed by atoms with Gasteiger partial charge in [-0.3, -0.25) is 0 Å². The van der Waals surface area contributed by atoms with Crippen LogP contribution in [0.15, 0.2) is 24.3 Å². The Kier molecular flexibility index (Phi) is 6.39. The number of nitrogens with zero attached hydrogens (tertiary/aromatic N) is 1. The van der Waals surface area contributed by atoms with E-state index >= 15 is 0 Å². The van der Waals surface area contributed by atoms with Crippen LogP contribution in [-0.2, 0) is 11.3 Å². The van der Waals surface area contributed by atoms with Gasteiger partial charge in [-0.2, -0.15) is 0 Å². The fraction of sp³-hybridized carbons (Fsp3) is 0.500. The molecule has 0 amide bonds. The van der Waals surface area contributed by atoms with Gasteiger partial charge in [-0.25, -0.2) is 4.79 Å². The smallest absolute Gasteiger partial charge is 0.338 e. The lowest BCUT2D eigenvalue weighted by molar-refractivity contribution is 0.0466. The van der Waals surface area contributed by atoms with Crippen molar-refractivity contribution in [3.8, 4) is 0 Å². The molecular weight excluding hydrogens is 228 g/mol. The summed E-state index contributed by atoms with van der Waals surface area (Å²) in [6.07, 6.45) is 0. The number of hydrogen-bond acceptors (Lipinski definition) is 4. The van der Waals surface area contributed by atoms with Crippen molar-refractivity contribution in [2.24, 2.45) is 5.73 Å². The van der Waals surface area contributed by atoms with E-state index in [9.17, 15) is 4.79 Å². The van der Waals surface area contributed by atoms with Gasteiger partial charge < -0.3 is 15.4 Å². The van der Waals surface area contributed by atoms with Crippen LogP contribution >= 0.6 is 0 Å². The van der Waals surface area contributed by atoms with Crippen LogP contribution in [0.2, 0.25) is 0 Å². The molecule has 4 heteroatoms. The number of benzene rings is 1. The molecule has 1 aromatic rings. The van der Waals surface area contributed by atoms with Gasteiger partial charge >= 0.3 is 5.97 Å². The van der Waals surface area contributed by atoms with Crippen LogP contribution in [0, 0.1) is 0 Å². The summed E-state index contributed by atoms with van der Waals surface area (Å²) in [5.41, 5.74) is 7.08. The van der Waals surface area contributed by atoms with E-state index in [1.54, 1.807) is 12.1 Å². The van der Waals surface area contributed by atoms with E-state index in [0.29, 0.717) is 18.7 Å². The fourth-order valence-electron chi connectivity index (χ4n) is 1.67. The van der Waals surface area contributed by atoms with Crippen molar-refractivity contribution in [3.05, 3.63) is 35.4 Å². The van der Waals surface area contributed by atoms with Crippen molar-refractivity contribution >= 4 is 5.97 Å². The SMILES string of the molecule is CCN(CC)CCOC(=O)c1ccc(CN)cc1. The van der Waals surface area contributed by atoms with E-state index in [-0.39, 0.29) is 5.97 Å². The Morgan fingerprint density at radius 1 is 1.22 bits per heavy atom. The van der Waals surface area contributed by atoms with Gasteiger partial charge in [0.25, 0.3) is 0 Å². The van der Waals surface area contributed by atoms with Crippen molar-refractivity contribution < 1.29 is 9.53 Å². The third kappa shape index (κ3) is 4.47. The average Bonchev–Trinajstić information content (AvgIpc) is 2.43. The Bertz CT molecular complexity index is 359. The number of ether oxygens (including phenoxy) is 1. The number of likely N-dealkylation sites (N-methyl/N-ethyl adjacent to an activating group) is 1. The molecule has 0 aliphatic heterocycles. The lowest BCUT2D eigenvalue weighted by Gasteiger charge is -2.17. The Hall–Kier alpha value is -1.39. The number of esters is 1. The molecule has 0 saturated heterocycles. The molecule has 2 N–H and O–H groups in total. The first-order valence-electron chi connectivity index (χ1n) is 6.39. The Balaban J connectivity index is 2.40. The predicted molar refractivity (Wildman–Crippen MR) is 72.4 cm³/mol. The third-order valence-electron chi connectivity index (χ3n) is 2.96. The molecular formula is C14H22N2O2. The molecule has 0 bridgehead atoms. The molecule has 0 saturated carbocycles. The minimum atomic E-state index is -0.272. The monoisotopic (exact) mass is 250 g/mol. The molecule has 0 aliphatic rings. The molecule has 0 aliphatic carbocycles. The van der Waals surface area contributed by atoms with E-state index in [1.807, 2.05) is 12.1 Å². The number of rotatable bonds is 7. The summed E-state index contributed by atoms with van der Waals surface area (Å²) in [5.74, 6) is -0.272. The molecule has 0 radical (unpaired) electrons. The van der Waals surface area contributed by atoms with E-state index in [0.717, 1.165) is 25.2 Å². The maximum absolute atomic E-state index is 11.7. The highest BCUT2D eigenvalue weighted by molar-refractivity contribution is 5.89. The Morgan fingerprint density at radius 3 is 2.33 bits per heavy atom. The molecule has 18 heavy (non-hydrogen) atoms. The average molecular weight is 250 g/mol. The van der Waals surface area contributed by atoms with Crippen molar-refractivity contribution in [3.63, 3.8) is 0 Å². The summed E-state index contributed by atoms with van der Waals surface area (Å²) in [6, 6.07) is 7.20. The number of carbonyl (C=O) groups excluding carboxylic acids is 1. The normalized spacial score (nSPS) is 10.7. The molecule has 4 nitrogen and oxygen atoms in total. The first-order chi connectivity index (χ1) is 8.71. The van der Waals surface area contributed by atoms with Gasteiger partial charge in [-0.05, 0) is 30.8 Å². The molecule has 0 spiro atoms. The molecule has 0 aromatic heterocycles. The number of carbonyl (C=O) groups is 1. The second kappa shape index (κ2) is 7.84. The zero-order valence-corrected chi connectivity index (χ0v) is 11.2. The summed E-state index contributed by atoms with van der Waals surface area (Å²) in [4.78, 5) is 13.9. The lowest BCUT2D eigenvalue weighted by Crippen LogP contribution is -2.27. The zero-order valence-electron chi connectivity index (χ0n) is 11.2. The lowest BCUT2D eigenvalue weighted by atomic mass is 10.1. The zero-order chi connectivity index (χ0) is 13.4. The van der Waals surface area contributed by atoms with Gasteiger partial charge in [0.05, 0.1) is 5.56 Å². The molecule has 100 valence electrons. The quantitative estimate of drug-likeness (QED) is 0.748. The maximum Gasteiger partial charge on any atom is 0.338 e. The van der Waals surface area contributed by atoms with Crippen molar-refractivity contribution in [2.45, 2.75) is 20.4 Å². The van der Waals surface area contributed by atoms with Crippen molar-refractivity contribution in [1.29, 1.82) is 0 Å². The molecule has 1 rings (SSSR count). The van der Waals surface area contributed by atoms with Crippen molar-refractivity contribution in [2.75, 3.05) is 26.2 Å². The highest BCUT2D eigenvalue weighted by atomic mass is 16.5. The van der Waals surface area contributed by atoms with Gasteiger partial charge in [-0.1, -0.05) is 26.0 Å². The molecule has 0 unspecified atom stereocenters. The largest absolute Gasteiger partial charge is 0.461 e. The maximum atomic E-state index is 11.7. The number of nitrogens with two attached hydrogens (primary N) is 1. The van der Waals surface area contributed by atoms with E-state index in [2.05, 4.69) is 18.7 Å². The molecule has 0 atom stereocenters. The Labute approximate surface area is 109 Å². The van der Waals surface area contributed by atoms with Crippen LogP contribution in [-0.4, -0.2) is 37.1 Å². The summed E-state index contributed by atoms with van der Waals surface area (Å²) < 4.78 is 5.22. The summed E-state index contributed by atoms with van der Waals surface area (Å²) in [7, 11) is 0. The summed E-state index contributed by atoms with van der Waals surface area (Å²) in [6.45, 7) is 7.82. The van der Waals surface area contributed by atoms with Crippen LogP contribution in [0.5, 0.6) is 0 Å². The first-order valence-corrected chi connectivity index (χ1v) is 6.39. The summed E-state index contributed by atoms with van der Waals surface area (Å²) >= 11 is 0. The summed E-state index contributed by atoms with van der Waals surface area (Å²) in [5, 5.41) is 0. The fourth-order valence-corrected chi connectivity index (χ4v) is 1.67. The standard InChI is InChI=1S/C14H22N2O2/c1-3-16(4-2)9-10-18-14(17)13-7-5-12(11-15)6-8-13/h5-8H,3-4,9-11,15H2,1-2H3. The van der Waals surface area contributed by atoms with Gasteiger partial charge in [0, 0.05) is 13.1 Å². The van der Waals surface area contributed by atoms with Crippen LogP contribution in [0.25, 0.3) is 0 Å². The predicted octanol–water partition coefficient (Wildman–Crippen LogP) is 1.64. The number of hydrogen-bond donors (Lipinski definition) is 1. The van der Waals surface area contributed by atoms with E-state index in [1.165, 1.54) is 0 Å². The van der Waals surface area contributed by atoms with Crippen LogP contribution in [0.3, 0.4) is 0 Å². The highest BCUT2D eigenvalue weighted by Crippen LogP contribution is 2.05. The second-order valence-electron chi connectivity index (χ2n) is 4.06. The minimum Gasteiger partial charge on any atom is -0.461 e.